The number of hydrogen-bond donors (Lipinski definition) is 1. The second kappa shape index (κ2) is 9.50. The van der Waals surface area contributed by atoms with Crippen molar-refractivity contribution in [1.82, 2.24) is 10.2 Å². The molecule has 0 fully saturated rings. The lowest BCUT2D eigenvalue weighted by molar-refractivity contribution is 0.0527. The number of para-hydroxylation sites is 1. The molecule has 0 atom stereocenters. The lowest BCUT2D eigenvalue weighted by Crippen LogP contribution is -2.21. The van der Waals surface area contributed by atoms with Gasteiger partial charge in [0.15, 0.2) is 11.5 Å². The number of esters is 1. The Hall–Kier alpha value is -2.96. The zero-order chi connectivity index (χ0) is 18.9. The van der Waals surface area contributed by atoms with E-state index in [0.29, 0.717) is 17.1 Å². The third kappa shape index (κ3) is 5.02. The first-order chi connectivity index (χ1) is 12.6. The van der Waals surface area contributed by atoms with Crippen LogP contribution in [0.15, 0.2) is 36.4 Å². The van der Waals surface area contributed by atoms with Crippen molar-refractivity contribution in [1.29, 1.82) is 0 Å². The normalized spacial score (nSPS) is 10.3. The minimum absolute atomic E-state index is 0.177. The molecule has 0 aliphatic rings. The maximum absolute atomic E-state index is 12.4. The number of carbonyl (C=O) groups excluding carboxylic acids is 2. The molecule has 0 bridgehead atoms. The number of nitrogens with one attached hydrogen (secondary N) is 1. The number of aromatic nitrogens is 2. The molecule has 26 heavy (non-hydrogen) atoms. The van der Waals surface area contributed by atoms with Crippen LogP contribution >= 0.6 is 0 Å². The van der Waals surface area contributed by atoms with E-state index < -0.39 is 11.9 Å². The van der Waals surface area contributed by atoms with Gasteiger partial charge >= 0.3 is 5.97 Å². The Morgan fingerprint density at radius 3 is 2.54 bits per heavy atom. The molecule has 0 saturated heterocycles. The van der Waals surface area contributed by atoms with Gasteiger partial charge in [0.05, 0.1) is 17.9 Å². The van der Waals surface area contributed by atoms with Crippen LogP contribution in [-0.2, 0) is 4.74 Å². The third-order valence-corrected chi connectivity index (χ3v) is 3.79. The molecule has 1 heterocycles. The summed E-state index contributed by atoms with van der Waals surface area (Å²) in [6.07, 6.45) is 2.16. The molecule has 0 radical (unpaired) electrons. The molecule has 0 spiro atoms. The van der Waals surface area contributed by atoms with Gasteiger partial charge in [0.2, 0.25) is 0 Å². The van der Waals surface area contributed by atoms with Gasteiger partial charge < -0.3 is 15.0 Å². The predicted octanol–water partition coefficient (Wildman–Crippen LogP) is 3.14. The molecular formula is C19H24N4O3. The number of benzene rings is 1. The fourth-order valence-corrected chi connectivity index (χ4v) is 2.33. The zero-order valence-electron chi connectivity index (χ0n) is 15.4. The van der Waals surface area contributed by atoms with Crippen molar-refractivity contribution >= 4 is 23.4 Å². The van der Waals surface area contributed by atoms with Crippen LogP contribution in [0, 0.1) is 0 Å². The van der Waals surface area contributed by atoms with Crippen molar-refractivity contribution in [3.8, 4) is 0 Å². The average molecular weight is 356 g/mol. The molecular weight excluding hydrogens is 332 g/mol. The minimum Gasteiger partial charge on any atom is -0.462 e. The van der Waals surface area contributed by atoms with Crippen LogP contribution in [0.5, 0.6) is 0 Å². The number of rotatable bonds is 8. The van der Waals surface area contributed by atoms with Gasteiger partial charge in [-0.15, -0.1) is 10.2 Å². The van der Waals surface area contributed by atoms with Crippen molar-refractivity contribution in [2.24, 2.45) is 0 Å². The van der Waals surface area contributed by atoms with Gasteiger partial charge in [0.25, 0.3) is 5.91 Å². The molecule has 0 unspecified atom stereocenters. The predicted molar refractivity (Wildman–Crippen MR) is 101 cm³/mol. The topological polar surface area (TPSA) is 84.4 Å². The van der Waals surface area contributed by atoms with Gasteiger partial charge in [0.1, 0.15) is 0 Å². The van der Waals surface area contributed by atoms with Crippen LogP contribution < -0.4 is 10.2 Å². The fraction of sp³-hybridized carbons (Fsp3) is 0.368. The van der Waals surface area contributed by atoms with Crippen LogP contribution in [0.2, 0.25) is 0 Å². The Morgan fingerprint density at radius 1 is 1.12 bits per heavy atom. The van der Waals surface area contributed by atoms with E-state index in [1.807, 2.05) is 11.9 Å². The number of carbonyl (C=O) groups is 2. The summed E-state index contributed by atoms with van der Waals surface area (Å²) in [6.45, 7) is 5.00. The van der Waals surface area contributed by atoms with Crippen molar-refractivity contribution in [3.05, 3.63) is 47.7 Å². The molecule has 7 heteroatoms. The molecule has 0 aliphatic carbocycles. The highest BCUT2D eigenvalue weighted by Crippen LogP contribution is 2.17. The summed E-state index contributed by atoms with van der Waals surface area (Å²) in [5.41, 5.74) is 0.852. The molecule has 1 aromatic carbocycles. The fourth-order valence-electron chi connectivity index (χ4n) is 2.33. The third-order valence-electron chi connectivity index (χ3n) is 3.79. The van der Waals surface area contributed by atoms with Crippen molar-refractivity contribution < 1.29 is 14.3 Å². The lowest BCUT2D eigenvalue weighted by atomic mass is 10.1. The molecule has 1 aromatic heterocycles. The van der Waals surface area contributed by atoms with Gasteiger partial charge in [0, 0.05) is 13.6 Å². The standard InChI is InChI=1S/C19H24N4O3/c1-4-6-13-23(3)17-12-11-16(21-22-17)18(24)20-15-10-8-7-9-14(15)19(25)26-5-2/h7-12H,4-6,13H2,1-3H3,(H,20,24). The Balaban J connectivity index is 2.10. The Morgan fingerprint density at radius 2 is 1.88 bits per heavy atom. The average Bonchev–Trinajstić information content (AvgIpc) is 2.66. The second-order valence-corrected chi connectivity index (χ2v) is 5.77. The minimum atomic E-state index is -0.484. The zero-order valence-corrected chi connectivity index (χ0v) is 15.4. The molecule has 138 valence electrons. The molecule has 7 nitrogen and oxygen atoms in total. The van der Waals surface area contributed by atoms with E-state index in [0.717, 1.165) is 19.4 Å². The van der Waals surface area contributed by atoms with E-state index >= 15 is 0 Å². The molecule has 2 rings (SSSR count). The number of nitrogens with zero attached hydrogens (tertiary/aromatic N) is 3. The maximum atomic E-state index is 12.4. The monoisotopic (exact) mass is 356 g/mol. The number of unbranched alkanes of at least 4 members (excludes halogenated alkanes) is 1. The number of ether oxygens (including phenoxy) is 1. The number of hydrogen-bond acceptors (Lipinski definition) is 6. The highest BCUT2D eigenvalue weighted by Gasteiger charge is 2.16. The largest absolute Gasteiger partial charge is 0.462 e. The quantitative estimate of drug-likeness (QED) is 0.732. The summed E-state index contributed by atoms with van der Waals surface area (Å²) in [7, 11) is 1.94. The highest BCUT2D eigenvalue weighted by molar-refractivity contribution is 6.07. The second-order valence-electron chi connectivity index (χ2n) is 5.77. The SMILES string of the molecule is CCCCN(C)c1ccc(C(=O)Nc2ccccc2C(=O)OCC)nn1. The van der Waals surface area contributed by atoms with E-state index in [9.17, 15) is 9.59 Å². The van der Waals surface area contributed by atoms with Gasteiger partial charge in [-0.25, -0.2) is 4.79 Å². The molecule has 1 amide bonds. The van der Waals surface area contributed by atoms with Crippen LogP contribution in [0.3, 0.4) is 0 Å². The van der Waals surface area contributed by atoms with Crippen LogP contribution in [0.25, 0.3) is 0 Å². The van der Waals surface area contributed by atoms with Crippen LogP contribution in [0.1, 0.15) is 47.5 Å². The van der Waals surface area contributed by atoms with Gasteiger partial charge in [-0.3, -0.25) is 4.79 Å². The molecule has 0 saturated carbocycles. The first-order valence-electron chi connectivity index (χ1n) is 8.69. The summed E-state index contributed by atoms with van der Waals surface area (Å²) >= 11 is 0. The van der Waals surface area contributed by atoms with E-state index in [2.05, 4.69) is 22.4 Å². The lowest BCUT2D eigenvalue weighted by Gasteiger charge is -2.17. The molecule has 2 aromatic rings. The summed E-state index contributed by atoms with van der Waals surface area (Å²) in [4.78, 5) is 26.4. The first-order valence-corrected chi connectivity index (χ1v) is 8.69. The summed E-state index contributed by atoms with van der Waals surface area (Å²) in [5.74, 6) is -0.207. The summed E-state index contributed by atoms with van der Waals surface area (Å²) in [6, 6.07) is 10.1. The van der Waals surface area contributed by atoms with Gasteiger partial charge in [-0.1, -0.05) is 25.5 Å². The number of amides is 1. The van der Waals surface area contributed by atoms with Crippen LogP contribution in [0.4, 0.5) is 11.5 Å². The first kappa shape index (κ1) is 19.4. The Kier molecular flexibility index (Phi) is 7.08. The van der Waals surface area contributed by atoms with Gasteiger partial charge in [-0.05, 0) is 37.6 Å². The van der Waals surface area contributed by atoms with Crippen molar-refractivity contribution in [3.63, 3.8) is 0 Å². The summed E-state index contributed by atoms with van der Waals surface area (Å²) < 4.78 is 5.01. The number of anilines is 2. The molecule has 1 N–H and O–H groups in total. The smallest absolute Gasteiger partial charge is 0.340 e. The van der Waals surface area contributed by atoms with E-state index in [4.69, 9.17) is 4.74 Å². The Bertz CT molecular complexity index is 747. The van der Waals surface area contributed by atoms with Crippen molar-refractivity contribution in [2.75, 3.05) is 30.4 Å². The highest BCUT2D eigenvalue weighted by atomic mass is 16.5. The molecule has 0 aliphatic heterocycles. The van der Waals surface area contributed by atoms with Crippen LogP contribution in [-0.4, -0.2) is 42.3 Å². The van der Waals surface area contributed by atoms with Crippen molar-refractivity contribution in [2.45, 2.75) is 26.7 Å². The van der Waals surface area contributed by atoms with Gasteiger partial charge in [-0.2, -0.15) is 0 Å². The Labute approximate surface area is 153 Å². The van der Waals surface area contributed by atoms with E-state index in [1.54, 1.807) is 43.3 Å². The maximum Gasteiger partial charge on any atom is 0.340 e. The summed E-state index contributed by atoms with van der Waals surface area (Å²) in [5, 5.41) is 10.8. The van der Waals surface area contributed by atoms with E-state index in [-0.39, 0.29) is 12.3 Å². The van der Waals surface area contributed by atoms with E-state index in [1.165, 1.54) is 0 Å².